The van der Waals surface area contributed by atoms with Crippen molar-refractivity contribution in [2.75, 3.05) is 32.4 Å². The summed E-state index contributed by atoms with van der Waals surface area (Å²) in [6, 6.07) is 3.59. The van der Waals surface area contributed by atoms with Crippen molar-refractivity contribution in [1.29, 1.82) is 0 Å². The predicted octanol–water partition coefficient (Wildman–Crippen LogP) is 4.85. The molecule has 0 bridgehead atoms. The molecule has 7 nitrogen and oxygen atoms in total. The molecule has 2 aliphatic rings. The lowest BCUT2D eigenvalue weighted by Crippen LogP contribution is -2.43. The molecule has 2 fully saturated rings. The fraction of sp³-hybridized carbons (Fsp3) is 0.692. The van der Waals surface area contributed by atoms with Crippen LogP contribution in [0, 0.1) is 24.5 Å². The molecule has 2 saturated heterocycles. The van der Waals surface area contributed by atoms with Gasteiger partial charge < -0.3 is 9.47 Å². The Morgan fingerprint density at radius 1 is 1.00 bits per heavy atom. The van der Waals surface area contributed by atoms with E-state index in [-0.39, 0.29) is 29.7 Å². The molecule has 0 radical (unpaired) electrons. The van der Waals surface area contributed by atoms with E-state index in [0.29, 0.717) is 69.7 Å². The van der Waals surface area contributed by atoms with Gasteiger partial charge in [-0.3, -0.25) is 0 Å². The summed E-state index contributed by atoms with van der Waals surface area (Å²) in [5.74, 6) is -4.22. The molecule has 0 saturated carbocycles. The van der Waals surface area contributed by atoms with Crippen LogP contribution in [-0.2, 0) is 15.9 Å². The summed E-state index contributed by atoms with van der Waals surface area (Å²) in [5.41, 5.74) is 0.594. The van der Waals surface area contributed by atoms with Crippen LogP contribution in [0.5, 0.6) is 0 Å². The Morgan fingerprint density at radius 2 is 1.58 bits per heavy atom. The van der Waals surface area contributed by atoms with Gasteiger partial charge in [0.2, 0.25) is 15.8 Å². The smallest absolute Gasteiger partial charge is 0.304 e. The van der Waals surface area contributed by atoms with E-state index in [1.165, 1.54) is 22.7 Å². The zero-order valence-corrected chi connectivity index (χ0v) is 23.2. The molecule has 2 atom stereocenters. The van der Waals surface area contributed by atoms with Crippen molar-refractivity contribution in [3.05, 3.63) is 47.0 Å². The lowest BCUT2D eigenvalue weighted by molar-refractivity contribution is 0.00000770. The molecule has 4 rings (SSSR count). The Kier molecular flexibility index (Phi) is 8.54. The third-order valence-corrected chi connectivity index (χ3v) is 9.49. The molecule has 38 heavy (non-hydrogen) atoms. The second kappa shape index (κ2) is 11.2. The summed E-state index contributed by atoms with van der Waals surface area (Å²) in [5, 5.41) is 7.61. The van der Waals surface area contributed by atoms with E-state index in [4.69, 9.17) is 0 Å². The van der Waals surface area contributed by atoms with Crippen molar-refractivity contribution < 1.29 is 26.0 Å². The fourth-order valence-corrected chi connectivity index (χ4v) is 7.08. The third-order valence-electron chi connectivity index (χ3n) is 8.19. The number of rotatable bonds is 8. The van der Waals surface area contributed by atoms with Crippen LogP contribution in [0.4, 0.5) is 17.6 Å². The molecule has 1 aromatic carbocycles. The first kappa shape index (κ1) is 28.9. The number of hydrogen-bond acceptors (Lipinski definition) is 5. The summed E-state index contributed by atoms with van der Waals surface area (Å²) in [6.45, 7) is 6.77. The minimum absolute atomic E-state index is 0.0781. The molecule has 12 heteroatoms. The van der Waals surface area contributed by atoms with Gasteiger partial charge in [-0.05, 0) is 75.5 Å². The van der Waals surface area contributed by atoms with E-state index in [2.05, 4.69) is 22.0 Å². The monoisotopic (exact) mass is 559 g/mol. The van der Waals surface area contributed by atoms with Gasteiger partial charge in [0.05, 0.1) is 6.26 Å². The number of piperidine rings is 2. The molecule has 2 aromatic rings. The minimum atomic E-state index is -3.29. The number of alkyl halides is 2. The first-order valence-corrected chi connectivity index (χ1v) is 15.0. The molecule has 1 aromatic heterocycles. The van der Waals surface area contributed by atoms with Gasteiger partial charge in [0.15, 0.2) is 0 Å². The maximum atomic E-state index is 14.2. The number of halogens is 4. The summed E-state index contributed by atoms with van der Waals surface area (Å²) in [6.07, 6.45) is 4.42. The van der Waals surface area contributed by atoms with Crippen LogP contribution in [0.3, 0.4) is 0 Å². The molecule has 3 heterocycles. The highest BCUT2D eigenvalue weighted by Gasteiger charge is 2.37. The Morgan fingerprint density at radius 3 is 2.11 bits per heavy atom. The van der Waals surface area contributed by atoms with Crippen molar-refractivity contribution in [3.63, 3.8) is 0 Å². The summed E-state index contributed by atoms with van der Waals surface area (Å²) in [7, 11) is -3.29. The van der Waals surface area contributed by atoms with E-state index in [0.717, 1.165) is 13.0 Å². The number of likely N-dealkylation sites (tertiary alicyclic amines) is 1. The maximum absolute atomic E-state index is 14.2. The van der Waals surface area contributed by atoms with E-state index >= 15 is 0 Å². The highest BCUT2D eigenvalue weighted by atomic mass is 32.2. The molecular formula is C26H37F4N5O2S. The highest BCUT2D eigenvalue weighted by molar-refractivity contribution is 7.88. The van der Waals surface area contributed by atoms with Crippen LogP contribution >= 0.6 is 0 Å². The topological polar surface area (TPSA) is 71.3 Å². The van der Waals surface area contributed by atoms with E-state index < -0.39 is 27.6 Å². The number of hydrogen-bond donors (Lipinski definition) is 0. The van der Waals surface area contributed by atoms with E-state index in [1.807, 2.05) is 0 Å². The SMILES string of the molecule is Cc1nnc(C(C)(F)F)n1C1CCN([C@@H](C)C[C@@H](c2cc(F)cc(F)c2)C2CCN(S(C)(=O)=O)CC2)CC1. The quantitative estimate of drug-likeness (QED) is 0.433. The van der Waals surface area contributed by atoms with Crippen molar-refractivity contribution in [3.8, 4) is 0 Å². The van der Waals surface area contributed by atoms with Crippen LogP contribution < -0.4 is 0 Å². The number of benzene rings is 1. The summed E-state index contributed by atoms with van der Waals surface area (Å²) in [4.78, 5) is 2.30. The first-order chi connectivity index (χ1) is 17.7. The largest absolute Gasteiger partial charge is 0.307 e. The molecule has 0 spiro atoms. The standard InChI is InChI=1S/C26H37F4N5O2S/c1-17(33-9-7-23(8-10-33)35-18(2)31-32-25(35)26(3,29)30)13-24(20-14-21(27)16-22(28)15-20)19-5-11-34(12-6-19)38(4,36)37/h14-17,19,23-24H,5-13H2,1-4H3/t17-,24+/m0/s1. The minimum Gasteiger partial charge on any atom is -0.307 e. The van der Waals surface area contributed by atoms with Gasteiger partial charge in [-0.2, -0.15) is 8.78 Å². The van der Waals surface area contributed by atoms with Crippen LogP contribution in [0.2, 0.25) is 0 Å². The van der Waals surface area contributed by atoms with E-state index in [1.54, 1.807) is 11.5 Å². The Bertz CT molecular complexity index is 1200. The Balaban J connectivity index is 1.47. The van der Waals surface area contributed by atoms with Crippen LogP contribution in [0.1, 0.15) is 75.1 Å². The second-order valence-electron chi connectivity index (χ2n) is 11.0. The Labute approximate surface area is 222 Å². The maximum Gasteiger partial charge on any atom is 0.304 e. The average molecular weight is 560 g/mol. The zero-order chi connectivity index (χ0) is 27.8. The lowest BCUT2D eigenvalue weighted by Gasteiger charge is -2.41. The van der Waals surface area contributed by atoms with Crippen LogP contribution in [-0.4, -0.2) is 70.9 Å². The van der Waals surface area contributed by atoms with Gasteiger partial charge in [-0.1, -0.05) is 0 Å². The van der Waals surface area contributed by atoms with Gasteiger partial charge in [0, 0.05) is 51.3 Å². The normalized spacial score (nSPS) is 21.1. The van der Waals surface area contributed by atoms with Gasteiger partial charge in [0.1, 0.15) is 17.5 Å². The number of nitrogens with zero attached hydrogens (tertiary/aromatic N) is 5. The molecule has 0 N–H and O–H groups in total. The van der Waals surface area contributed by atoms with Gasteiger partial charge >= 0.3 is 5.92 Å². The third kappa shape index (κ3) is 6.56. The number of sulfonamides is 1. The zero-order valence-electron chi connectivity index (χ0n) is 22.4. The van der Waals surface area contributed by atoms with Gasteiger partial charge in [-0.15, -0.1) is 10.2 Å². The summed E-state index contributed by atoms with van der Waals surface area (Å²) >= 11 is 0. The molecular weight excluding hydrogens is 522 g/mol. The van der Waals surface area contributed by atoms with Gasteiger partial charge in [-0.25, -0.2) is 21.5 Å². The van der Waals surface area contributed by atoms with E-state index in [9.17, 15) is 26.0 Å². The number of aromatic nitrogens is 3. The Hall–Kier alpha value is -2.05. The first-order valence-electron chi connectivity index (χ1n) is 13.2. The van der Waals surface area contributed by atoms with Crippen molar-refractivity contribution >= 4 is 10.0 Å². The average Bonchev–Trinajstić information content (AvgIpc) is 3.23. The molecule has 0 amide bonds. The molecule has 2 aliphatic heterocycles. The van der Waals surface area contributed by atoms with Crippen LogP contribution in [0.25, 0.3) is 0 Å². The van der Waals surface area contributed by atoms with Gasteiger partial charge in [0.25, 0.3) is 0 Å². The fourth-order valence-electron chi connectivity index (χ4n) is 6.21. The van der Waals surface area contributed by atoms with Crippen molar-refractivity contribution in [2.24, 2.45) is 5.92 Å². The lowest BCUT2D eigenvalue weighted by atomic mass is 9.77. The summed E-state index contributed by atoms with van der Waals surface area (Å²) < 4.78 is 83.6. The predicted molar refractivity (Wildman–Crippen MR) is 136 cm³/mol. The number of aryl methyl sites for hydroxylation is 1. The van der Waals surface area contributed by atoms with Crippen molar-refractivity contribution in [1.82, 2.24) is 24.0 Å². The van der Waals surface area contributed by atoms with Crippen molar-refractivity contribution in [2.45, 2.75) is 76.8 Å². The molecule has 212 valence electrons. The highest BCUT2D eigenvalue weighted by Crippen LogP contribution is 2.39. The van der Waals surface area contributed by atoms with Crippen LogP contribution in [0.15, 0.2) is 18.2 Å². The molecule has 0 aliphatic carbocycles. The molecule has 0 unspecified atom stereocenters. The second-order valence-corrected chi connectivity index (χ2v) is 13.0.